The Morgan fingerprint density at radius 1 is 1.35 bits per heavy atom. The van der Waals surface area contributed by atoms with E-state index in [1.807, 2.05) is 12.1 Å². The fraction of sp³-hybridized carbons (Fsp3) is 0.312. The average molecular weight is 314 g/mol. The fourth-order valence-electron chi connectivity index (χ4n) is 2.79. The Bertz CT molecular complexity index is 783. The maximum absolute atomic E-state index is 11.9. The Balaban J connectivity index is 1.64. The van der Waals surface area contributed by atoms with Crippen molar-refractivity contribution in [3.63, 3.8) is 0 Å². The van der Waals surface area contributed by atoms with E-state index in [0.717, 1.165) is 30.8 Å². The van der Waals surface area contributed by atoms with Crippen LogP contribution in [0.1, 0.15) is 27.2 Å². The van der Waals surface area contributed by atoms with Crippen molar-refractivity contribution in [1.82, 2.24) is 14.9 Å². The molecule has 7 heteroatoms. The second kappa shape index (κ2) is 6.21. The summed E-state index contributed by atoms with van der Waals surface area (Å²) in [7, 11) is 0. The highest BCUT2D eigenvalue weighted by Gasteiger charge is 2.20. The minimum absolute atomic E-state index is 0.164. The maximum Gasteiger partial charge on any atom is 0.335 e. The molecule has 2 aromatic rings. The van der Waals surface area contributed by atoms with Crippen molar-refractivity contribution in [1.29, 1.82) is 0 Å². The molecular formula is C16H18N4O3. The number of carboxylic acid groups (broad SMARTS) is 1. The molecule has 0 bridgehead atoms. The number of hydrogen-bond donors (Lipinski definition) is 3. The van der Waals surface area contributed by atoms with Crippen LogP contribution in [0.25, 0.3) is 0 Å². The number of carboxylic acids is 1. The predicted octanol–water partition coefficient (Wildman–Crippen LogP) is 0.651. The molecule has 1 aromatic heterocycles. The van der Waals surface area contributed by atoms with Gasteiger partial charge in [-0.1, -0.05) is 12.1 Å². The summed E-state index contributed by atoms with van der Waals surface area (Å²) in [4.78, 5) is 31.7. The molecule has 1 aliphatic rings. The SMILES string of the molecule is Nc1nc2c(c(=O)[nH]1)CN(CCc1ccc(C(=O)O)cc1)CC2. The number of nitrogens with zero attached hydrogens (tertiary/aromatic N) is 2. The number of carbonyl (C=O) groups is 1. The molecule has 3 rings (SSSR count). The summed E-state index contributed by atoms with van der Waals surface area (Å²) >= 11 is 0. The van der Waals surface area contributed by atoms with Gasteiger partial charge in [0.25, 0.3) is 5.56 Å². The quantitative estimate of drug-likeness (QED) is 0.764. The zero-order valence-corrected chi connectivity index (χ0v) is 12.6. The van der Waals surface area contributed by atoms with Crippen LogP contribution in [-0.2, 0) is 19.4 Å². The third-order valence-corrected chi connectivity index (χ3v) is 4.08. The van der Waals surface area contributed by atoms with Gasteiger partial charge in [-0.3, -0.25) is 14.7 Å². The summed E-state index contributed by atoms with van der Waals surface area (Å²) in [6.07, 6.45) is 1.51. The Kier molecular flexibility index (Phi) is 4.12. The molecule has 0 saturated heterocycles. The number of nitrogens with one attached hydrogen (secondary N) is 1. The van der Waals surface area contributed by atoms with E-state index in [-0.39, 0.29) is 17.1 Å². The number of aromatic carboxylic acids is 1. The first-order chi connectivity index (χ1) is 11.0. The molecule has 0 radical (unpaired) electrons. The number of H-pyrrole nitrogens is 1. The van der Waals surface area contributed by atoms with Gasteiger partial charge < -0.3 is 10.8 Å². The first-order valence-corrected chi connectivity index (χ1v) is 7.45. The molecule has 0 saturated carbocycles. The van der Waals surface area contributed by atoms with Crippen LogP contribution in [0.2, 0.25) is 0 Å². The van der Waals surface area contributed by atoms with Gasteiger partial charge in [0.15, 0.2) is 0 Å². The molecule has 7 nitrogen and oxygen atoms in total. The number of nitrogens with two attached hydrogens (primary N) is 1. The number of fused-ring (bicyclic) bond motifs is 1. The highest BCUT2D eigenvalue weighted by atomic mass is 16.4. The number of anilines is 1. The average Bonchev–Trinajstić information content (AvgIpc) is 2.53. The first kappa shape index (κ1) is 15.2. The smallest absolute Gasteiger partial charge is 0.335 e. The van der Waals surface area contributed by atoms with E-state index in [4.69, 9.17) is 10.8 Å². The molecule has 0 fully saturated rings. The van der Waals surface area contributed by atoms with E-state index in [2.05, 4.69) is 14.9 Å². The van der Waals surface area contributed by atoms with Gasteiger partial charge in [0.1, 0.15) is 0 Å². The molecule has 0 aliphatic carbocycles. The van der Waals surface area contributed by atoms with Gasteiger partial charge in [-0.2, -0.15) is 0 Å². The number of hydrogen-bond acceptors (Lipinski definition) is 5. The third-order valence-electron chi connectivity index (χ3n) is 4.08. The summed E-state index contributed by atoms with van der Waals surface area (Å²) in [5.41, 5.74) is 8.23. The molecule has 0 spiro atoms. The number of nitrogen functional groups attached to an aromatic ring is 1. The van der Waals surface area contributed by atoms with E-state index in [9.17, 15) is 9.59 Å². The summed E-state index contributed by atoms with van der Waals surface area (Å²) in [6, 6.07) is 6.88. The maximum atomic E-state index is 11.9. The zero-order chi connectivity index (χ0) is 16.4. The van der Waals surface area contributed by atoms with Crippen LogP contribution in [-0.4, -0.2) is 39.0 Å². The van der Waals surface area contributed by atoms with Crippen molar-refractivity contribution in [2.45, 2.75) is 19.4 Å². The lowest BCUT2D eigenvalue weighted by Gasteiger charge is -2.27. The van der Waals surface area contributed by atoms with Gasteiger partial charge in [0.2, 0.25) is 5.95 Å². The lowest BCUT2D eigenvalue weighted by Crippen LogP contribution is -2.37. The highest BCUT2D eigenvalue weighted by Crippen LogP contribution is 2.15. The van der Waals surface area contributed by atoms with Crippen LogP contribution in [0.15, 0.2) is 29.1 Å². The Morgan fingerprint density at radius 2 is 2.09 bits per heavy atom. The van der Waals surface area contributed by atoms with Gasteiger partial charge in [-0.15, -0.1) is 0 Å². The zero-order valence-electron chi connectivity index (χ0n) is 12.6. The van der Waals surface area contributed by atoms with Crippen molar-refractivity contribution in [2.75, 3.05) is 18.8 Å². The molecule has 4 N–H and O–H groups in total. The molecule has 0 unspecified atom stereocenters. The van der Waals surface area contributed by atoms with Gasteiger partial charge in [0, 0.05) is 26.1 Å². The first-order valence-electron chi connectivity index (χ1n) is 7.45. The molecular weight excluding hydrogens is 296 g/mol. The fourth-order valence-corrected chi connectivity index (χ4v) is 2.79. The summed E-state index contributed by atoms with van der Waals surface area (Å²) in [6.45, 7) is 2.19. The van der Waals surface area contributed by atoms with Crippen LogP contribution < -0.4 is 11.3 Å². The van der Waals surface area contributed by atoms with E-state index in [1.54, 1.807) is 12.1 Å². The van der Waals surface area contributed by atoms with E-state index < -0.39 is 5.97 Å². The summed E-state index contributed by atoms with van der Waals surface area (Å²) in [5, 5.41) is 8.89. The third kappa shape index (κ3) is 3.40. The van der Waals surface area contributed by atoms with Gasteiger partial charge in [0.05, 0.1) is 16.8 Å². The molecule has 1 aliphatic heterocycles. The van der Waals surface area contributed by atoms with Gasteiger partial charge >= 0.3 is 5.97 Å². The second-order valence-electron chi connectivity index (χ2n) is 5.65. The van der Waals surface area contributed by atoms with Crippen LogP contribution in [0.3, 0.4) is 0 Å². The van der Waals surface area contributed by atoms with Gasteiger partial charge in [-0.25, -0.2) is 9.78 Å². The van der Waals surface area contributed by atoms with Crippen molar-refractivity contribution >= 4 is 11.9 Å². The Hall–Kier alpha value is -2.67. The molecule has 1 aromatic carbocycles. The minimum atomic E-state index is -0.921. The molecule has 2 heterocycles. The lowest BCUT2D eigenvalue weighted by molar-refractivity contribution is 0.0697. The van der Waals surface area contributed by atoms with E-state index in [1.165, 1.54) is 0 Å². The predicted molar refractivity (Wildman–Crippen MR) is 85.4 cm³/mol. The Labute approximate surface area is 132 Å². The van der Waals surface area contributed by atoms with Crippen molar-refractivity contribution in [2.24, 2.45) is 0 Å². The van der Waals surface area contributed by atoms with Crippen LogP contribution in [0, 0.1) is 0 Å². The Morgan fingerprint density at radius 3 is 2.78 bits per heavy atom. The molecule has 23 heavy (non-hydrogen) atoms. The highest BCUT2D eigenvalue weighted by molar-refractivity contribution is 5.87. The summed E-state index contributed by atoms with van der Waals surface area (Å²) in [5.74, 6) is -0.754. The van der Waals surface area contributed by atoms with E-state index in [0.29, 0.717) is 18.5 Å². The molecule has 0 amide bonds. The van der Waals surface area contributed by atoms with Crippen LogP contribution >= 0.6 is 0 Å². The normalized spacial score (nSPS) is 14.4. The van der Waals surface area contributed by atoms with Crippen molar-refractivity contribution in [3.8, 4) is 0 Å². The van der Waals surface area contributed by atoms with Crippen LogP contribution in [0.5, 0.6) is 0 Å². The summed E-state index contributed by atoms with van der Waals surface area (Å²) < 4.78 is 0. The van der Waals surface area contributed by atoms with Crippen molar-refractivity contribution in [3.05, 3.63) is 57.0 Å². The minimum Gasteiger partial charge on any atom is -0.478 e. The molecule has 0 atom stereocenters. The number of rotatable bonds is 4. The van der Waals surface area contributed by atoms with Crippen molar-refractivity contribution < 1.29 is 9.90 Å². The van der Waals surface area contributed by atoms with Crippen LogP contribution in [0.4, 0.5) is 5.95 Å². The number of aromatic nitrogens is 2. The largest absolute Gasteiger partial charge is 0.478 e. The number of aromatic amines is 1. The second-order valence-corrected chi connectivity index (χ2v) is 5.65. The lowest BCUT2D eigenvalue weighted by atomic mass is 10.1. The topological polar surface area (TPSA) is 112 Å². The standard InChI is InChI=1S/C16H18N4O3/c17-16-18-13-6-8-20(9-12(13)14(21)19-16)7-5-10-1-3-11(4-2-10)15(22)23/h1-4H,5-9H2,(H,22,23)(H3,17,18,19,21). The number of benzene rings is 1. The van der Waals surface area contributed by atoms with E-state index >= 15 is 0 Å². The molecule has 120 valence electrons. The monoisotopic (exact) mass is 314 g/mol. The van der Waals surface area contributed by atoms with Gasteiger partial charge in [-0.05, 0) is 24.1 Å².